The van der Waals surface area contributed by atoms with E-state index >= 15 is 0 Å². The molecule has 0 spiro atoms. The summed E-state index contributed by atoms with van der Waals surface area (Å²) < 4.78 is 3.18. The molecular weight excluding hydrogens is 344 g/mol. The average molecular weight is 366 g/mol. The van der Waals surface area contributed by atoms with Crippen molar-refractivity contribution in [2.24, 2.45) is 14.1 Å². The highest BCUT2D eigenvalue weighted by Gasteiger charge is 2.24. The van der Waals surface area contributed by atoms with E-state index in [9.17, 15) is 9.59 Å². The Morgan fingerprint density at radius 1 is 1.22 bits per heavy atom. The van der Waals surface area contributed by atoms with Crippen molar-refractivity contribution in [2.75, 3.05) is 0 Å². The van der Waals surface area contributed by atoms with E-state index in [2.05, 4.69) is 20.8 Å². The van der Waals surface area contributed by atoms with E-state index in [1.54, 1.807) is 13.1 Å². The fourth-order valence-electron chi connectivity index (χ4n) is 3.74. The molecule has 0 bridgehead atoms. The number of nitrogens with one attached hydrogen (secondary N) is 2. The summed E-state index contributed by atoms with van der Waals surface area (Å²) in [6.45, 7) is 0.243. The molecule has 2 aromatic heterocycles. The molecule has 0 saturated carbocycles. The number of benzene rings is 1. The molecule has 0 radical (unpaired) electrons. The van der Waals surface area contributed by atoms with Gasteiger partial charge in [0.1, 0.15) is 0 Å². The molecular formula is C19H22N6O2. The van der Waals surface area contributed by atoms with E-state index in [1.807, 2.05) is 36.1 Å². The number of carbonyl (C=O) groups excluding carboxylic acids is 1. The number of aryl methyl sites for hydroxylation is 2. The van der Waals surface area contributed by atoms with Crippen LogP contribution in [0.4, 0.5) is 4.79 Å². The van der Waals surface area contributed by atoms with Crippen LogP contribution in [0, 0.1) is 0 Å². The molecule has 0 saturated heterocycles. The molecule has 8 nitrogen and oxygen atoms in total. The highest BCUT2D eigenvalue weighted by atomic mass is 16.2. The molecule has 2 N–H and O–H groups in total. The van der Waals surface area contributed by atoms with Crippen LogP contribution in [0.25, 0.3) is 10.8 Å². The lowest BCUT2D eigenvalue weighted by molar-refractivity contribution is 0.235. The van der Waals surface area contributed by atoms with Crippen LogP contribution in [-0.2, 0) is 27.1 Å². The Kier molecular flexibility index (Phi) is 4.39. The maximum Gasteiger partial charge on any atom is 0.315 e. The van der Waals surface area contributed by atoms with Gasteiger partial charge in [0.25, 0.3) is 5.56 Å². The Labute approximate surface area is 156 Å². The van der Waals surface area contributed by atoms with Gasteiger partial charge >= 0.3 is 6.03 Å². The second-order valence-corrected chi connectivity index (χ2v) is 6.86. The zero-order chi connectivity index (χ0) is 19.0. The van der Waals surface area contributed by atoms with E-state index in [0.29, 0.717) is 11.1 Å². The lowest BCUT2D eigenvalue weighted by Crippen LogP contribution is -2.39. The van der Waals surface area contributed by atoms with Gasteiger partial charge in [0.15, 0.2) is 0 Å². The summed E-state index contributed by atoms with van der Waals surface area (Å²) in [6.07, 6.45) is 4.73. The maximum atomic E-state index is 12.4. The van der Waals surface area contributed by atoms with Crippen LogP contribution in [0.5, 0.6) is 0 Å². The summed E-state index contributed by atoms with van der Waals surface area (Å²) in [6, 6.07) is 7.02. The largest absolute Gasteiger partial charge is 0.332 e. The zero-order valence-electron chi connectivity index (χ0n) is 15.4. The van der Waals surface area contributed by atoms with Crippen molar-refractivity contribution in [2.45, 2.75) is 31.8 Å². The van der Waals surface area contributed by atoms with Crippen molar-refractivity contribution in [1.82, 2.24) is 30.2 Å². The van der Waals surface area contributed by atoms with Crippen LogP contribution < -0.4 is 16.2 Å². The average Bonchev–Trinajstić information content (AvgIpc) is 3.06. The van der Waals surface area contributed by atoms with Crippen LogP contribution in [0.1, 0.15) is 35.8 Å². The third-order valence-corrected chi connectivity index (χ3v) is 5.13. The summed E-state index contributed by atoms with van der Waals surface area (Å²) in [7, 11) is 3.54. The Morgan fingerprint density at radius 3 is 2.81 bits per heavy atom. The van der Waals surface area contributed by atoms with Crippen LogP contribution in [0.15, 0.2) is 35.3 Å². The van der Waals surface area contributed by atoms with E-state index in [4.69, 9.17) is 0 Å². The fraction of sp³-hybridized carbons (Fsp3) is 0.368. The van der Waals surface area contributed by atoms with Crippen molar-refractivity contribution < 1.29 is 4.79 Å². The predicted molar refractivity (Wildman–Crippen MR) is 101 cm³/mol. The number of nitrogens with zero attached hydrogens (tertiary/aromatic N) is 4. The van der Waals surface area contributed by atoms with Crippen molar-refractivity contribution in [3.63, 3.8) is 0 Å². The van der Waals surface area contributed by atoms with E-state index < -0.39 is 0 Å². The molecule has 0 fully saturated rings. The smallest absolute Gasteiger partial charge is 0.315 e. The third-order valence-electron chi connectivity index (χ3n) is 5.13. The van der Waals surface area contributed by atoms with Crippen molar-refractivity contribution >= 4 is 16.8 Å². The van der Waals surface area contributed by atoms with Gasteiger partial charge in [-0.1, -0.05) is 18.2 Å². The molecule has 1 aliphatic carbocycles. The first kappa shape index (κ1) is 17.3. The Morgan fingerprint density at radius 2 is 2.00 bits per heavy atom. The number of rotatable bonds is 3. The van der Waals surface area contributed by atoms with Crippen LogP contribution >= 0.6 is 0 Å². The number of aromatic nitrogens is 4. The SMILES string of the molecule is Cn1ncc2c1CCCC2NC(=O)NCc1nn(C)c(=O)c2ccccc12. The monoisotopic (exact) mass is 366 g/mol. The highest BCUT2D eigenvalue weighted by molar-refractivity contribution is 5.84. The molecule has 1 aromatic carbocycles. The molecule has 3 aromatic rings. The lowest BCUT2D eigenvalue weighted by Gasteiger charge is -2.24. The van der Waals surface area contributed by atoms with Crippen LogP contribution in [0.2, 0.25) is 0 Å². The van der Waals surface area contributed by atoms with Gasteiger partial charge in [-0.2, -0.15) is 10.2 Å². The zero-order valence-corrected chi connectivity index (χ0v) is 15.4. The number of amides is 2. The Hall–Kier alpha value is -3.16. The molecule has 4 rings (SSSR count). The van der Waals surface area contributed by atoms with E-state index in [-0.39, 0.29) is 24.2 Å². The minimum Gasteiger partial charge on any atom is -0.332 e. The standard InChI is InChI=1S/C19H22N6O2/c1-24-17-9-5-8-15(14(17)10-21-24)22-19(27)20-11-16-12-6-3-4-7-13(12)18(26)25(2)23-16/h3-4,6-7,10,15H,5,8-9,11H2,1-2H3,(H2,20,22,27). The summed E-state index contributed by atoms with van der Waals surface area (Å²) in [5.74, 6) is 0. The third kappa shape index (κ3) is 3.18. The predicted octanol–water partition coefficient (Wildman–Crippen LogP) is 1.54. The number of hydrogen-bond acceptors (Lipinski definition) is 4. The van der Waals surface area contributed by atoms with Crippen molar-refractivity contribution in [1.29, 1.82) is 0 Å². The topological polar surface area (TPSA) is 93.8 Å². The summed E-state index contributed by atoms with van der Waals surface area (Å²) in [4.78, 5) is 24.6. The van der Waals surface area contributed by atoms with Gasteiger partial charge in [-0.05, 0) is 25.3 Å². The molecule has 2 heterocycles. The van der Waals surface area contributed by atoms with Crippen molar-refractivity contribution in [3.05, 3.63) is 57.8 Å². The summed E-state index contributed by atoms with van der Waals surface area (Å²) in [5.41, 5.74) is 2.78. The lowest BCUT2D eigenvalue weighted by atomic mass is 9.93. The number of carbonyl (C=O) groups is 1. The minimum atomic E-state index is -0.253. The van der Waals surface area contributed by atoms with E-state index in [1.165, 1.54) is 10.4 Å². The first-order chi connectivity index (χ1) is 13.0. The first-order valence-corrected chi connectivity index (χ1v) is 9.04. The second kappa shape index (κ2) is 6.86. The van der Waals surface area contributed by atoms with Gasteiger partial charge < -0.3 is 10.6 Å². The summed E-state index contributed by atoms with van der Waals surface area (Å²) in [5, 5.41) is 15.9. The molecule has 1 aliphatic rings. The molecule has 8 heteroatoms. The fourth-order valence-corrected chi connectivity index (χ4v) is 3.74. The van der Waals surface area contributed by atoms with Gasteiger partial charge in [-0.3, -0.25) is 9.48 Å². The van der Waals surface area contributed by atoms with E-state index in [0.717, 1.165) is 30.2 Å². The quantitative estimate of drug-likeness (QED) is 0.735. The molecule has 0 aliphatic heterocycles. The minimum absolute atomic E-state index is 0.0349. The number of fused-ring (bicyclic) bond motifs is 2. The first-order valence-electron chi connectivity index (χ1n) is 9.04. The van der Waals surface area contributed by atoms with Crippen LogP contribution in [-0.4, -0.2) is 25.6 Å². The summed E-state index contributed by atoms with van der Waals surface area (Å²) >= 11 is 0. The number of urea groups is 1. The van der Waals surface area contributed by atoms with Gasteiger partial charge in [0.2, 0.25) is 0 Å². The molecule has 1 unspecified atom stereocenters. The molecule has 2 amide bonds. The molecule has 27 heavy (non-hydrogen) atoms. The van der Waals surface area contributed by atoms with Gasteiger partial charge in [0.05, 0.1) is 29.9 Å². The Balaban J connectivity index is 1.49. The molecule has 140 valence electrons. The Bertz CT molecular complexity index is 1070. The maximum absolute atomic E-state index is 12.4. The van der Waals surface area contributed by atoms with Crippen LogP contribution in [0.3, 0.4) is 0 Å². The normalized spacial score (nSPS) is 16.1. The number of hydrogen-bond donors (Lipinski definition) is 2. The van der Waals surface area contributed by atoms with Gasteiger partial charge in [-0.15, -0.1) is 0 Å². The van der Waals surface area contributed by atoms with Gasteiger partial charge in [-0.25, -0.2) is 9.48 Å². The highest BCUT2D eigenvalue weighted by Crippen LogP contribution is 2.28. The van der Waals surface area contributed by atoms with Gasteiger partial charge in [0, 0.05) is 30.7 Å². The van der Waals surface area contributed by atoms with Crippen molar-refractivity contribution in [3.8, 4) is 0 Å². The second-order valence-electron chi connectivity index (χ2n) is 6.86. The molecule has 1 atom stereocenters.